The third-order valence-electron chi connectivity index (χ3n) is 5.35. The normalized spacial score (nSPS) is 15.7. The lowest BCUT2D eigenvalue weighted by atomic mass is 10.1. The number of esters is 1. The van der Waals surface area contributed by atoms with Gasteiger partial charge in [-0.3, -0.25) is 0 Å². The Labute approximate surface area is 183 Å². The molecule has 0 spiro atoms. The first-order valence-electron chi connectivity index (χ1n) is 10.5. The summed E-state index contributed by atoms with van der Waals surface area (Å²) in [6.45, 7) is 9.47. The molecule has 0 aliphatic carbocycles. The predicted molar refractivity (Wildman–Crippen MR) is 116 cm³/mol. The maximum Gasteiger partial charge on any atom is 0.374 e. The Morgan fingerprint density at radius 2 is 1.81 bits per heavy atom. The third kappa shape index (κ3) is 5.87. The van der Waals surface area contributed by atoms with Crippen molar-refractivity contribution in [3.63, 3.8) is 0 Å². The van der Waals surface area contributed by atoms with E-state index in [1.54, 1.807) is 6.92 Å². The number of sulfonamides is 1. The SMILES string of the molecule is CCOC(=O)c1ccc(S(=O)(=O)N2CCN(CCCOc3ccc(C)c(C)c3)CC2)o1. The van der Waals surface area contributed by atoms with E-state index in [9.17, 15) is 13.2 Å². The molecule has 31 heavy (non-hydrogen) atoms. The summed E-state index contributed by atoms with van der Waals surface area (Å²) in [6.07, 6.45) is 0.862. The molecule has 0 radical (unpaired) electrons. The summed E-state index contributed by atoms with van der Waals surface area (Å²) in [4.78, 5) is 13.9. The highest BCUT2D eigenvalue weighted by atomic mass is 32.2. The van der Waals surface area contributed by atoms with Crippen molar-refractivity contribution in [3.8, 4) is 5.75 Å². The van der Waals surface area contributed by atoms with Gasteiger partial charge >= 0.3 is 5.97 Å². The van der Waals surface area contributed by atoms with Gasteiger partial charge in [0.25, 0.3) is 10.0 Å². The number of carbonyl (C=O) groups is 1. The lowest BCUT2D eigenvalue weighted by Gasteiger charge is -2.33. The summed E-state index contributed by atoms with van der Waals surface area (Å²) < 4.78 is 42.9. The van der Waals surface area contributed by atoms with E-state index in [2.05, 4.69) is 24.8 Å². The van der Waals surface area contributed by atoms with Crippen molar-refractivity contribution >= 4 is 16.0 Å². The average Bonchev–Trinajstić information content (AvgIpc) is 3.26. The van der Waals surface area contributed by atoms with E-state index in [-0.39, 0.29) is 17.5 Å². The lowest BCUT2D eigenvalue weighted by molar-refractivity contribution is 0.0483. The van der Waals surface area contributed by atoms with Crippen molar-refractivity contribution in [1.82, 2.24) is 9.21 Å². The van der Waals surface area contributed by atoms with Crippen LogP contribution < -0.4 is 4.74 Å². The summed E-state index contributed by atoms with van der Waals surface area (Å²) in [5, 5.41) is -0.231. The van der Waals surface area contributed by atoms with Gasteiger partial charge in [-0.05, 0) is 62.6 Å². The summed E-state index contributed by atoms with van der Waals surface area (Å²) >= 11 is 0. The summed E-state index contributed by atoms with van der Waals surface area (Å²) in [5.74, 6) is 0.0965. The predicted octanol–water partition coefficient (Wildman–Crippen LogP) is 2.85. The summed E-state index contributed by atoms with van der Waals surface area (Å²) in [5.41, 5.74) is 2.45. The topological polar surface area (TPSA) is 89.3 Å². The van der Waals surface area contributed by atoms with Gasteiger partial charge in [-0.1, -0.05) is 6.07 Å². The highest BCUT2D eigenvalue weighted by Crippen LogP contribution is 2.21. The molecule has 0 bridgehead atoms. The van der Waals surface area contributed by atoms with Gasteiger partial charge in [-0.25, -0.2) is 13.2 Å². The second kappa shape index (κ2) is 10.3. The van der Waals surface area contributed by atoms with Crippen LogP contribution in [0, 0.1) is 13.8 Å². The quantitative estimate of drug-likeness (QED) is 0.429. The molecule has 0 atom stereocenters. The fraction of sp³-hybridized carbons (Fsp3) is 0.500. The van der Waals surface area contributed by atoms with E-state index in [1.807, 2.05) is 12.1 Å². The average molecular weight is 451 g/mol. The molecule has 0 unspecified atom stereocenters. The van der Waals surface area contributed by atoms with E-state index in [0.29, 0.717) is 32.8 Å². The molecule has 1 saturated heterocycles. The van der Waals surface area contributed by atoms with Crippen LogP contribution in [0.4, 0.5) is 0 Å². The number of nitrogens with zero attached hydrogens (tertiary/aromatic N) is 2. The second-order valence-electron chi connectivity index (χ2n) is 7.53. The minimum Gasteiger partial charge on any atom is -0.494 e. The Balaban J connectivity index is 1.44. The van der Waals surface area contributed by atoms with Crippen LogP contribution >= 0.6 is 0 Å². The number of benzene rings is 1. The minimum atomic E-state index is -3.77. The number of ether oxygens (including phenoxy) is 2. The van der Waals surface area contributed by atoms with Crippen LogP contribution in [0.5, 0.6) is 5.75 Å². The highest BCUT2D eigenvalue weighted by molar-refractivity contribution is 7.89. The van der Waals surface area contributed by atoms with Gasteiger partial charge in [0, 0.05) is 32.7 Å². The number of carbonyl (C=O) groups excluding carboxylic acids is 1. The van der Waals surface area contributed by atoms with Gasteiger partial charge in [0.2, 0.25) is 10.9 Å². The first kappa shape index (κ1) is 23.3. The van der Waals surface area contributed by atoms with E-state index in [0.717, 1.165) is 18.7 Å². The van der Waals surface area contributed by atoms with Gasteiger partial charge in [0.15, 0.2) is 0 Å². The smallest absolute Gasteiger partial charge is 0.374 e. The molecule has 170 valence electrons. The molecule has 1 aliphatic heterocycles. The standard InChI is InChI=1S/C22H30N2O6S/c1-4-28-22(25)20-8-9-21(30-20)31(26,27)24-13-11-23(12-14-24)10-5-15-29-19-7-6-17(2)18(3)16-19/h6-9,16H,4-5,10-15H2,1-3H3. The van der Waals surface area contributed by atoms with Crippen LogP contribution in [0.1, 0.15) is 35.0 Å². The van der Waals surface area contributed by atoms with E-state index >= 15 is 0 Å². The molecule has 1 aliphatic rings. The Morgan fingerprint density at radius 1 is 1.06 bits per heavy atom. The van der Waals surface area contributed by atoms with Crippen molar-refractivity contribution in [2.75, 3.05) is 45.9 Å². The van der Waals surface area contributed by atoms with Crippen molar-refractivity contribution in [2.24, 2.45) is 0 Å². The van der Waals surface area contributed by atoms with Gasteiger partial charge in [0.1, 0.15) is 5.75 Å². The zero-order valence-electron chi connectivity index (χ0n) is 18.3. The molecule has 1 aromatic heterocycles. The molecule has 0 amide bonds. The van der Waals surface area contributed by atoms with Crippen molar-refractivity contribution in [1.29, 1.82) is 0 Å². The van der Waals surface area contributed by atoms with Crippen LogP contribution in [0.2, 0.25) is 0 Å². The lowest BCUT2D eigenvalue weighted by Crippen LogP contribution is -2.48. The van der Waals surface area contributed by atoms with Crippen molar-refractivity contribution in [2.45, 2.75) is 32.3 Å². The first-order chi connectivity index (χ1) is 14.8. The molecule has 8 nitrogen and oxygen atoms in total. The highest BCUT2D eigenvalue weighted by Gasteiger charge is 2.31. The molecule has 2 aromatic rings. The third-order valence-corrected chi connectivity index (χ3v) is 7.12. The van der Waals surface area contributed by atoms with Crippen LogP contribution in [0.25, 0.3) is 0 Å². The van der Waals surface area contributed by atoms with E-state index < -0.39 is 16.0 Å². The zero-order valence-corrected chi connectivity index (χ0v) is 19.1. The second-order valence-corrected chi connectivity index (χ2v) is 9.40. The van der Waals surface area contributed by atoms with Crippen molar-refractivity contribution < 1.29 is 27.1 Å². The largest absolute Gasteiger partial charge is 0.494 e. The molecule has 9 heteroatoms. The number of rotatable bonds is 9. The Bertz CT molecular complexity index is 993. The monoisotopic (exact) mass is 450 g/mol. The van der Waals surface area contributed by atoms with Gasteiger partial charge in [0.05, 0.1) is 13.2 Å². The van der Waals surface area contributed by atoms with Crippen LogP contribution in [-0.4, -0.2) is 69.5 Å². The van der Waals surface area contributed by atoms with E-state index in [4.69, 9.17) is 13.9 Å². The van der Waals surface area contributed by atoms with Crippen LogP contribution in [0.15, 0.2) is 39.8 Å². The van der Waals surface area contributed by atoms with Crippen LogP contribution in [-0.2, 0) is 14.8 Å². The summed E-state index contributed by atoms with van der Waals surface area (Å²) in [6, 6.07) is 8.71. The molecule has 2 heterocycles. The Hall–Kier alpha value is -2.36. The molecule has 3 rings (SSSR count). The fourth-order valence-electron chi connectivity index (χ4n) is 3.37. The summed E-state index contributed by atoms with van der Waals surface area (Å²) in [7, 11) is -3.77. The van der Waals surface area contributed by atoms with E-state index in [1.165, 1.54) is 27.6 Å². The number of furan rings is 1. The zero-order chi connectivity index (χ0) is 22.4. The first-order valence-corrected chi connectivity index (χ1v) is 11.9. The number of piperazine rings is 1. The maximum atomic E-state index is 12.8. The molecule has 0 N–H and O–H groups in total. The molecule has 1 aromatic carbocycles. The van der Waals surface area contributed by atoms with Crippen LogP contribution in [0.3, 0.4) is 0 Å². The Kier molecular flexibility index (Phi) is 7.74. The van der Waals surface area contributed by atoms with Gasteiger partial charge in [-0.2, -0.15) is 4.31 Å². The van der Waals surface area contributed by atoms with Gasteiger partial charge in [-0.15, -0.1) is 0 Å². The number of aryl methyl sites for hydroxylation is 2. The number of hydrogen-bond acceptors (Lipinski definition) is 7. The minimum absolute atomic E-state index is 0.108. The Morgan fingerprint density at radius 3 is 2.48 bits per heavy atom. The van der Waals surface area contributed by atoms with Gasteiger partial charge < -0.3 is 18.8 Å². The molecule has 0 saturated carbocycles. The maximum absolute atomic E-state index is 12.8. The molecule has 1 fully saturated rings. The fourth-order valence-corrected chi connectivity index (χ4v) is 4.71. The molecular weight excluding hydrogens is 420 g/mol. The van der Waals surface area contributed by atoms with Crippen molar-refractivity contribution in [3.05, 3.63) is 47.2 Å². The molecular formula is C22H30N2O6S. The number of hydrogen-bond donors (Lipinski definition) is 0.